The van der Waals surface area contributed by atoms with Crippen molar-refractivity contribution in [2.45, 2.75) is 56.8 Å². The van der Waals surface area contributed by atoms with Crippen LogP contribution in [0, 0.1) is 5.92 Å². The first-order chi connectivity index (χ1) is 15.5. The Morgan fingerprint density at radius 1 is 1.12 bits per heavy atom. The van der Waals surface area contributed by atoms with Gasteiger partial charge in [-0.2, -0.15) is 0 Å². The number of hydrogen-bond acceptors (Lipinski definition) is 5. The molecular formula is C26H36NO5+. The minimum atomic E-state index is -1.70. The lowest BCUT2D eigenvalue weighted by atomic mass is 9.75. The van der Waals surface area contributed by atoms with Crippen LogP contribution in [0.5, 0.6) is 0 Å². The van der Waals surface area contributed by atoms with Crippen LogP contribution < -0.4 is 0 Å². The van der Waals surface area contributed by atoms with E-state index in [9.17, 15) is 9.90 Å². The van der Waals surface area contributed by atoms with Gasteiger partial charge in [-0.15, -0.1) is 0 Å². The number of esters is 1. The number of rotatable bonds is 9. The summed E-state index contributed by atoms with van der Waals surface area (Å²) < 4.78 is 18.1. The van der Waals surface area contributed by atoms with Crippen molar-refractivity contribution < 1.29 is 28.3 Å². The maximum Gasteiger partial charge on any atom is 0.346 e. The molecule has 0 spiro atoms. The van der Waals surface area contributed by atoms with Crippen LogP contribution in [0.25, 0.3) is 0 Å². The highest BCUT2D eigenvalue weighted by Gasteiger charge is 2.51. The molecule has 1 saturated heterocycles. The molecule has 1 aliphatic carbocycles. The third kappa shape index (κ3) is 5.25. The SMILES string of the molecule is C[N+]1(CCOCc2ccccc2)CC[C@@H](OC(=O)C(O)(c2ccco2)C2CCCCC2)C1. The predicted molar refractivity (Wildman–Crippen MR) is 121 cm³/mol. The largest absolute Gasteiger partial charge is 0.466 e. The number of hydrogen-bond donors (Lipinski definition) is 1. The van der Waals surface area contributed by atoms with Crippen LogP contribution in [0.15, 0.2) is 53.1 Å². The summed E-state index contributed by atoms with van der Waals surface area (Å²) in [4.78, 5) is 13.3. The van der Waals surface area contributed by atoms with Crippen molar-refractivity contribution >= 4 is 5.97 Å². The molecule has 2 aromatic rings. The van der Waals surface area contributed by atoms with Crippen LogP contribution in [0.3, 0.4) is 0 Å². The Hall–Kier alpha value is -2.15. The highest BCUT2D eigenvalue weighted by molar-refractivity contribution is 5.81. The van der Waals surface area contributed by atoms with E-state index in [2.05, 4.69) is 19.2 Å². The normalized spacial score (nSPS) is 26.0. The van der Waals surface area contributed by atoms with E-state index in [1.165, 1.54) is 11.8 Å². The number of benzene rings is 1. The third-order valence-electron chi connectivity index (χ3n) is 7.20. The summed E-state index contributed by atoms with van der Waals surface area (Å²) in [5, 5.41) is 11.5. The Balaban J connectivity index is 1.31. The molecule has 6 nitrogen and oxygen atoms in total. The van der Waals surface area contributed by atoms with E-state index >= 15 is 0 Å². The molecule has 2 fully saturated rings. The molecule has 0 bridgehead atoms. The highest BCUT2D eigenvalue weighted by Crippen LogP contribution is 2.41. The molecule has 4 rings (SSSR count). The van der Waals surface area contributed by atoms with E-state index in [-0.39, 0.29) is 12.0 Å². The zero-order chi connectivity index (χ0) is 22.4. The van der Waals surface area contributed by atoms with Gasteiger partial charge in [0, 0.05) is 12.3 Å². The first-order valence-corrected chi connectivity index (χ1v) is 11.9. The lowest BCUT2D eigenvalue weighted by Crippen LogP contribution is -2.48. The van der Waals surface area contributed by atoms with E-state index in [0.717, 1.165) is 62.6 Å². The lowest BCUT2D eigenvalue weighted by Gasteiger charge is -2.35. The van der Waals surface area contributed by atoms with Crippen LogP contribution in [0.1, 0.15) is 49.8 Å². The summed E-state index contributed by atoms with van der Waals surface area (Å²) in [7, 11) is 2.18. The molecule has 0 radical (unpaired) electrons. The third-order valence-corrected chi connectivity index (χ3v) is 7.20. The molecule has 1 saturated carbocycles. The Kier molecular flexibility index (Phi) is 7.33. The average molecular weight is 443 g/mol. The van der Waals surface area contributed by atoms with Crippen molar-refractivity contribution in [3.05, 3.63) is 60.1 Å². The topological polar surface area (TPSA) is 68.9 Å². The van der Waals surface area contributed by atoms with Gasteiger partial charge in [-0.05, 0) is 30.5 Å². The minimum absolute atomic E-state index is 0.163. The van der Waals surface area contributed by atoms with Crippen molar-refractivity contribution in [3.8, 4) is 0 Å². The van der Waals surface area contributed by atoms with Crippen molar-refractivity contribution in [2.75, 3.05) is 33.3 Å². The van der Waals surface area contributed by atoms with E-state index in [1.807, 2.05) is 18.2 Å². The second-order valence-electron chi connectivity index (χ2n) is 9.68. The molecule has 2 aliphatic rings. The molecule has 1 N–H and O–H groups in total. The minimum Gasteiger partial charge on any atom is -0.466 e. The van der Waals surface area contributed by atoms with Crippen molar-refractivity contribution in [3.63, 3.8) is 0 Å². The van der Waals surface area contributed by atoms with Crippen molar-refractivity contribution in [1.82, 2.24) is 0 Å². The molecule has 32 heavy (non-hydrogen) atoms. The van der Waals surface area contributed by atoms with E-state index < -0.39 is 11.6 Å². The first kappa shape index (κ1) is 23.0. The monoisotopic (exact) mass is 442 g/mol. The zero-order valence-corrected chi connectivity index (χ0v) is 19.1. The fourth-order valence-electron chi connectivity index (χ4n) is 5.20. The zero-order valence-electron chi connectivity index (χ0n) is 19.1. The Labute approximate surface area is 190 Å². The Bertz CT molecular complexity index is 848. The maximum absolute atomic E-state index is 13.3. The Morgan fingerprint density at radius 2 is 1.91 bits per heavy atom. The van der Waals surface area contributed by atoms with Crippen LogP contribution in [-0.2, 0) is 26.5 Å². The Morgan fingerprint density at radius 3 is 2.62 bits per heavy atom. The molecule has 1 aromatic carbocycles. The number of furan rings is 1. The van der Waals surface area contributed by atoms with Crippen molar-refractivity contribution in [2.24, 2.45) is 5.92 Å². The fraction of sp³-hybridized carbons (Fsp3) is 0.577. The van der Waals surface area contributed by atoms with Crippen molar-refractivity contribution in [1.29, 1.82) is 0 Å². The number of likely N-dealkylation sites (tertiary alicyclic amines) is 1. The lowest BCUT2D eigenvalue weighted by molar-refractivity contribution is -0.899. The quantitative estimate of drug-likeness (QED) is 0.361. The summed E-state index contributed by atoms with van der Waals surface area (Å²) in [6, 6.07) is 13.6. The fourth-order valence-corrected chi connectivity index (χ4v) is 5.20. The van der Waals surface area contributed by atoms with Gasteiger partial charge in [0.15, 0.2) is 6.10 Å². The smallest absolute Gasteiger partial charge is 0.346 e. The number of nitrogens with zero attached hydrogens (tertiary/aromatic N) is 1. The summed E-state index contributed by atoms with van der Waals surface area (Å²) in [5.74, 6) is -0.416. The van der Waals surface area contributed by atoms with E-state index in [4.69, 9.17) is 13.9 Å². The van der Waals surface area contributed by atoms with E-state index in [0.29, 0.717) is 19.0 Å². The van der Waals surface area contributed by atoms with Gasteiger partial charge < -0.3 is 23.5 Å². The van der Waals surface area contributed by atoms with Crippen LogP contribution >= 0.6 is 0 Å². The molecule has 3 atom stereocenters. The number of carbonyl (C=O) groups excluding carboxylic acids is 1. The van der Waals surface area contributed by atoms with Gasteiger partial charge >= 0.3 is 5.97 Å². The molecule has 2 unspecified atom stereocenters. The van der Waals surface area contributed by atoms with Gasteiger partial charge in [-0.25, -0.2) is 4.79 Å². The number of quaternary nitrogens is 1. The molecule has 0 amide bonds. The second-order valence-corrected chi connectivity index (χ2v) is 9.68. The molecule has 174 valence electrons. The average Bonchev–Trinajstić information content (AvgIpc) is 3.48. The summed E-state index contributed by atoms with van der Waals surface area (Å²) in [5.41, 5.74) is -0.530. The summed E-state index contributed by atoms with van der Waals surface area (Å²) >= 11 is 0. The summed E-state index contributed by atoms with van der Waals surface area (Å²) in [6.07, 6.45) is 6.89. The maximum atomic E-state index is 13.3. The number of ether oxygens (including phenoxy) is 2. The highest BCUT2D eigenvalue weighted by atomic mass is 16.6. The second kappa shape index (κ2) is 10.2. The molecule has 6 heteroatoms. The first-order valence-electron chi connectivity index (χ1n) is 11.9. The number of likely N-dealkylation sites (N-methyl/N-ethyl adjacent to an activating group) is 1. The van der Waals surface area contributed by atoms with Crippen LogP contribution in [0.2, 0.25) is 0 Å². The molecular weight excluding hydrogens is 406 g/mol. The van der Waals surface area contributed by atoms with Gasteiger partial charge in [-0.3, -0.25) is 0 Å². The number of carbonyl (C=O) groups is 1. The van der Waals surface area contributed by atoms with Crippen LogP contribution in [-0.4, -0.2) is 55.0 Å². The van der Waals surface area contributed by atoms with Crippen LogP contribution in [0.4, 0.5) is 0 Å². The molecule has 1 aliphatic heterocycles. The standard InChI is InChI=1S/C26H36NO5/c1-27(16-18-30-20-21-9-4-2-5-10-21)15-14-23(19-27)32-25(28)26(29,24-13-8-17-31-24)22-11-6-3-7-12-22/h2,4-5,8-10,13,17,22-23,29H,3,6-7,11-12,14-16,18-20H2,1H3/q+1/t23-,26?,27?/m1/s1. The summed E-state index contributed by atoms with van der Waals surface area (Å²) in [6.45, 7) is 3.79. The molecule has 1 aromatic heterocycles. The van der Waals surface area contributed by atoms with Gasteiger partial charge in [0.25, 0.3) is 0 Å². The molecule has 2 heterocycles. The van der Waals surface area contributed by atoms with Gasteiger partial charge in [0.05, 0.1) is 33.1 Å². The number of aliphatic hydroxyl groups is 1. The van der Waals surface area contributed by atoms with Gasteiger partial charge in [0.2, 0.25) is 5.60 Å². The van der Waals surface area contributed by atoms with Gasteiger partial charge in [0.1, 0.15) is 18.8 Å². The predicted octanol–water partition coefficient (Wildman–Crippen LogP) is 4.03. The van der Waals surface area contributed by atoms with E-state index in [1.54, 1.807) is 12.1 Å². The van der Waals surface area contributed by atoms with Gasteiger partial charge in [-0.1, -0.05) is 49.6 Å².